The van der Waals surface area contributed by atoms with Crippen LogP contribution >= 0.6 is 11.3 Å². The predicted octanol–water partition coefficient (Wildman–Crippen LogP) is 2.12. The van der Waals surface area contributed by atoms with E-state index in [9.17, 15) is 4.79 Å². The van der Waals surface area contributed by atoms with E-state index in [1.807, 2.05) is 5.38 Å². The van der Waals surface area contributed by atoms with Crippen LogP contribution < -0.4 is 5.73 Å². The molecule has 1 aromatic heterocycles. The van der Waals surface area contributed by atoms with Gasteiger partial charge in [-0.15, -0.1) is 0 Å². The van der Waals surface area contributed by atoms with E-state index in [1.54, 1.807) is 11.3 Å². The van der Waals surface area contributed by atoms with Crippen LogP contribution in [-0.4, -0.2) is 13.1 Å². The molecule has 0 aliphatic rings. The second-order valence-electron chi connectivity index (χ2n) is 3.99. The van der Waals surface area contributed by atoms with E-state index in [-0.39, 0.29) is 12.6 Å². The highest BCUT2D eigenvalue weighted by Crippen LogP contribution is 2.23. The summed E-state index contributed by atoms with van der Waals surface area (Å²) in [5.41, 5.74) is 8.31. The number of rotatable bonds is 6. The second kappa shape index (κ2) is 5.88. The first-order valence-electron chi connectivity index (χ1n) is 5.01. The van der Waals surface area contributed by atoms with Gasteiger partial charge in [0.2, 0.25) is 0 Å². The first-order valence-corrected chi connectivity index (χ1v) is 5.95. The topological polar surface area (TPSA) is 52.3 Å². The zero-order chi connectivity index (χ0) is 11.3. The Morgan fingerprint density at radius 1 is 1.53 bits per heavy atom. The molecule has 1 unspecified atom stereocenters. The van der Waals surface area contributed by atoms with Crippen molar-refractivity contribution in [2.45, 2.75) is 26.3 Å². The number of hydrogen-bond donors (Lipinski definition) is 1. The van der Waals surface area contributed by atoms with Gasteiger partial charge >= 0.3 is 0 Å². The van der Waals surface area contributed by atoms with E-state index in [0.29, 0.717) is 12.4 Å². The van der Waals surface area contributed by atoms with Gasteiger partial charge in [-0.1, -0.05) is 13.8 Å². The van der Waals surface area contributed by atoms with Crippen LogP contribution in [0.25, 0.3) is 0 Å². The van der Waals surface area contributed by atoms with Gasteiger partial charge in [-0.3, -0.25) is 4.79 Å². The Morgan fingerprint density at radius 3 is 2.87 bits per heavy atom. The largest absolute Gasteiger partial charge is 0.466 e. The van der Waals surface area contributed by atoms with Crippen LogP contribution in [0.3, 0.4) is 0 Å². The SMILES string of the molecule is CC(C)Cc1cscc1C(N)COC=O. The van der Waals surface area contributed by atoms with Gasteiger partial charge in [0.1, 0.15) is 6.61 Å². The van der Waals surface area contributed by atoms with E-state index in [0.717, 1.165) is 12.0 Å². The monoisotopic (exact) mass is 227 g/mol. The standard InChI is InChI=1S/C11H17NO2S/c1-8(2)3-9-5-15-6-10(9)11(12)4-14-7-13/h5-8,11H,3-4,12H2,1-2H3. The molecular formula is C11H17NO2S. The summed E-state index contributed by atoms with van der Waals surface area (Å²) < 4.78 is 4.68. The molecule has 0 radical (unpaired) electrons. The Kier molecular flexibility index (Phi) is 4.78. The normalized spacial score (nSPS) is 12.8. The summed E-state index contributed by atoms with van der Waals surface area (Å²) in [7, 11) is 0. The molecular weight excluding hydrogens is 210 g/mol. The average Bonchev–Trinajstić information content (AvgIpc) is 2.61. The maximum atomic E-state index is 10.1. The van der Waals surface area contributed by atoms with Gasteiger partial charge in [-0.05, 0) is 34.2 Å². The summed E-state index contributed by atoms with van der Waals surface area (Å²) in [6.45, 7) is 5.05. The van der Waals surface area contributed by atoms with Gasteiger partial charge in [0.15, 0.2) is 0 Å². The Bertz CT molecular complexity index is 309. The van der Waals surface area contributed by atoms with Crippen molar-refractivity contribution in [1.82, 2.24) is 0 Å². The third-order valence-corrected chi connectivity index (χ3v) is 2.96. The number of ether oxygens (including phenoxy) is 1. The van der Waals surface area contributed by atoms with Crippen molar-refractivity contribution in [3.05, 3.63) is 21.9 Å². The van der Waals surface area contributed by atoms with Crippen LogP contribution in [0.2, 0.25) is 0 Å². The van der Waals surface area contributed by atoms with E-state index in [2.05, 4.69) is 24.0 Å². The summed E-state index contributed by atoms with van der Waals surface area (Å²) in [6, 6.07) is -0.199. The zero-order valence-electron chi connectivity index (χ0n) is 9.10. The lowest BCUT2D eigenvalue weighted by molar-refractivity contribution is -0.129. The van der Waals surface area contributed by atoms with Crippen molar-refractivity contribution in [3.8, 4) is 0 Å². The Hall–Kier alpha value is -0.870. The van der Waals surface area contributed by atoms with Crippen LogP contribution in [0.1, 0.15) is 31.0 Å². The molecule has 0 amide bonds. The minimum Gasteiger partial charge on any atom is -0.466 e. The molecule has 3 nitrogen and oxygen atoms in total. The first-order chi connectivity index (χ1) is 7.15. The molecule has 0 aliphatic heterocycles. The number of thiophene rings is 1. The molecule has 1 atom stereocenters. The summed E-state index contributed by atoms with van der Waals surface area (Å²) in [5.74, 6) is 0.609. The highest BCUT2D eigenvalue weighted by atomic mass is 32.1. The molecule has 1 heterocycles. The maximum Gasteiger partial charge on any atom is 0.293 e. The second-order valence-corrected chi connectivity index (χ2v) is 4.73. The Balaban J connectivity index is 2.66. The molecule has 0 bridgehead atoms. The molecule has 84 valence electrons. The smallest absolute Gasteiger partial charge is 0.293 e. The minimum absolute atomic E-state index is 0.199. The van der Waals surface area contributed by atoms with Crippen LogP contribution in [0.15, 0.2) is 10.8 Å². The van der Waals surface area contributed by atoms with Gasteiger partial charge in [-0.2, -0.15) is 11.3 Å². The molecule has 4 heteroatoms. The van der Waals surface area contributed by atoms with Gasteiger partial charge in [0.05, 0.1) is 6.04 Å². The Labute approximate surface area is 94.2 Å². The van der Waals surface area contributed by atoms with E-state index >= 15 is 0 Å². The summed E-state index contributed by atoms with van der Waals surface area (Å²) in [4.78, 5) is 10.1. The first kappa shape index (κ1) is 12.2. The van der Waals surface area contributed by atoms with Crippen molar-refractivity contribution in [1.29, 1.82) is 0 Å². The van der Waals surface area contributed by atoms with Crippen LogP contribution in [0.5, 0.6) is 0 Å². The summed E-state index contributed by atoms with van der Waals surface area (Å²) in [6.07, 6.45) is 1.02. The highest BCUT2D eigenvalue weighted by molar-refractivity contribution is 7.08. The molecule has 0 spiro atoms. The lowest BCUT2D eigenvalue weighted by Crippen LogP contribution is -2.17. The molecule has 1 aromatic rings. The third kappa shape index (κ3) is 3.64. The predicted molar refractivity (Wildman–Crippen MR) is 61.8 cm³/mol. The fourth-order valence-electron chi connectivity index (χ4n) is 1.50. The van der Waals surface area contributed by atoms with E-state index < -0.39 is 0 Å². The van der Waals surface area contributed by atoms with Crippen molar-refractivity contribution in [2.75, 3.05) is 6.61 Å². The number of carbonyl (C=O) groups excluding carboxylic acids is 1. The number of nitrogens with two attached hydrogens (primary N) is 1. The molecule has 0 aromatic carbocycles. The van der Waals surface area contributed by atoms with E-state index in [1.165, 1.54) is 5.56 Å². The van der Waals surface area contributed by atoms with Gasteiger partial charge in [0.25, 0.3) is 6.47 Å². The molecule has 2 N–H and O–H groups in total. The molecule has 0 fully saturated rings. The van der Waals surface area contributed by atoms with Crippen LogP contribution in [0, 0.1) is 5.92 Å². The molecule has 0 saturated carbocycles. The quantitative estimate of drug-likeness (QED) is 0.757. The fraction of sp³-hybridized carbons (Fsp3) is 0.545. The van der Waals surface area contributed by atoms with Gasteiger partial charge in [0, 0.05) is 0 Å². The number of carbonyl (C=O) groups is 1. The number of hydrogen-bond acceptors (Lipinski definition) is 4. The molecule has 0 aliphatic carbocycles. The van der Waals surface area contributed by atoms with E-state index in [4.69, 9.17) is 5.73 Å². The van der Waals surface area contributed by atoms with Crippen LogP contribution in [-0.2, 0) is 16.0 Å². The molecule has 1 rings (SSSR count). The Morgan fingerprint density at radius 2 is 2.27 bits per heavy atom. The van der Waals surface area contributed by atoms with Gasteiger partial charge in [-0.25, -0.2) is 0 Å². The zero-order valence-corrected chi connectivity index (χ0v) is 9.92. The van der Waals surface area contributed by atoms with Crippen molar-refractivity contribution >= 4 is 17.8 Å². The van der Waals surface area contributed by atoms with Crippen LogP contribution in [0.4, 0.5) is 0 Å². The summed E-state index contributed by atoms with van der Waals surface area (Å²) >= 11 is 1.65. The molecule has 15 heavy (non-hydrogen) atoms. The fourth-order valence-corrected chi connectivity index (χ4v) is 2.43. The lowest BCUT2D eigenvalue weighted by Gasteiger charge is -2.12. The average molecular weight is 227 g/mol. The third-order valence-electron chi connectivity index (χ3n) is 2.15. The highest BCUT2D eigenvalue weighted by Gasteiger charge is 2.13. The lowest BCUT2D eigenvalue weighted by atomic mass is 9.99. The maximum absolute atomic E-state index is 10.1. The molecule has 0 saturated heterocycles. The minimum atomic E-state index is -0.199. The van der Waals surface area contributed by atoms with Crippen molar-refractivity contribution < 1.29 is 9.53 Å². The van der Waals surface area contributed by atoms with Crippen molar-refractivity contribution in [3.63, 3.8) is 0 Å². The van der Waals surface area contributed by atoms with Crippen molar-refractivity contribution in [2.24, 2.45) is 11.7 Å². The summed E-state index contributed by atoms with van der Waals surface area (Å²) in [5, 5.41) is 4.16. The van der Waals surface area contributed by atoms with Gasteiger partial charge < -0.3 is 10.5 Å².